The molecule has 0 saturated heterocycles. The van der Waals surface area contributed by atoms with Gasteiger partial charge < -0.3 is 14.6 Å². The van der Waals surface area contributed by atoms with Gasteiger partial charge in [-0.3, -0.25) is 4.98 Å². The van der Waals surface area contributed by atoms with Gasteiger partial charge in [-0.25, -0.2) is 19.7 Å². The summed E-state index contributed by atoms with van der Waals surface area (Å²) in [5.74, 6) is 1.96. The van der Waals surface area contributed by atoms with E-state index in [4.69, 9.17) is 14.6 Å². The number of methoxy groups -OCH3 is 2. The van der Waals surface area contributed by atoms with E-state index in [1.54, 1.807) is 45.7 Å². The number of aryl methyl sites for hydroxylation is 2. The summed E-state index contributed by atoms with van der Waals surface area (Å²) in [6.45, 7) is 3.75. The van der Waals surface area contributed by atoms with E-state index in [-0.39, 0.29) is 5.69 Å². The number of fused-ring (bicyclic) bond motifs is 5. The van der Waals surface area contributed by atoms with Crippen LogP contribution in [-0.4, -0.2) is 45.2 Å². The number of nitrogens with zero attached hydrogens (tertiary/aromatic N) is 4. The predicted molar refractivity (Wildman–Crippen MR) is 185 cm³/mol. The van der Waals surface area contributed by atoms with Crippen molar-refractivity contribution in [3.63, 3.8) is 0 Å². The molecule has 1 aromatic carbocycles. The largest absolute Gasteiger partial charge is 0.481 e. The molecule has 5 aromatic rings. The molecule has 0 atom stereocenters. The number of carbonyl (C=O) groups is 1. The number of ether oxygens (including phenoxy) is 2. The second-order valence-electron chi connectivity index (χ2n) is 9.92. The van der Waals surface area contributed by atoms with Crippen LogP contribution in [0.3, 0.4) is 0 Å². The van der Waals surface area contributed by atoms with Gasteiger partial charge in [0.05, 0.1) is 27.8 Å². The first-order chi connectivity index (χ1) is 21.2. The predicted octanol–water partition coefficient (Wildman–Crippen LogP) is 8.39. The first-order valence-electron chi connectivity index (χ1n) is 13.8. The molecule has 2 aliphatic rings. The molecule has 0 saturated carbocycles. The maximum Gasteiger partial charge on any atom is 0.355 e. The van der Waals surface area contributed by atoms with Gasteiger partial charge in [0.1, 0.15) is 0 Å². The Morgan fingerprint density at radius 2 is 1.41 bits per heavy atom. The van der Waals surface area contributed by atoms with Gasteiger partial charge in [0.25, 0.3) is 0 Å². The monoisotopic (exact) mass is 766 g/mol. The number of carboxylic acids is 1. The Hall–Kier alpha value is -3.90. The van der Waals surface area contributed by atoms with Gasteiger partial charge >= 0.3 is 5.97 Å². The Balaban J connectivity index is 0.000000142. The second kappa shape index (κ2) is 15.7. The van der Waals surface area contributed by atoms with E-state index < -0.39 is 5.97 Å². The molecule has 2 bridgehead atoms. The summed E-state index contributed by atoms with van der Waals surface area (Å²) in [5.41, 5.74) is 2.79. The van der Waals surface area contributed by atoms with Crippen LogP contribution in [0.2, 0.25) is 0 Å². The molecule has 226 valence electrons. The number of halogens is 2. The van der Waals surface area contributed by atoms with E-state index in [0.717, 1.165) is 42.8 Å². The van der Waals surface area contributed by atoms with Crippen molar-refractivity contribution in [1.29, 1.82) is 0 Å². The van der Waals surface area contributed by atoms with Crippen molar-refractivity contribution in [2.75, 3.05) is 14.2 Å². The summed E-state index contributed by atoms with van der Waals surface area (Å²) < 4.78 is 11.7. The Labute approximate surface area is 278 Å². The molecule has 0 aliphatic heterocycles. The highest BCUT2D eigenvalue weighted by atomic mass is 127. The number of pyridine rings is 4. The Morgan fingerprint density at radius 1 is 0.795 bits per heavy atom. The molecule has 0 unspecified atom stereocenters. The summed E-state index contributed by atoms with van der Waals surface area (Å²) in [4.78, 5) is 27.0. The zero-order chi connectivity index (χ0) is 31.6. The molecule has 0 fully saturated rings. The van der Waals surface area contributed by atoms with E-state index in [9.17, 15) is 4.79 Å². The van der Waals surface area contributed by atoms with E-state index in [1.165, 1.54) is 6.42 Å². The van der Waals surface area contributed by atoms with Crippen LogP contribution in [0.25, 0.3) is 21.7 Å². The minimum absolute atomic E-state index is 0.0602. The standard InChI is InChI=1S/C14H12N2O.C7H6BrNO2.C7H8.C6H6INO/c1-9-3-4-11-10-7-8-15-14(17-2)12(10)5-6-13(11)16-9;1-4-2-3-5(8)6(9-4)7(10)11;1-2-7-4-3-6(1)5-7;1-9-6-5(7)3-2-4-8-6/h3-8H,1-2H3;2-3H,1H3,(H,10,11);1-4,6-7H,5H2;2-4H,1H3. The van der Waals surface area contributed by atoms with Gasteiger partial charge in [-0.05, 0) is 125 Å². The third kappa shape index (κ3) is 8.60. The van der Waals surface area contributed by atoms with Crippen molar-refractivity contribution in [2.24, 2.45) is 11.8 Å². The Morgan fingerprint density at radius 3 is 1.95 bits per heavy atom. The molecule has 0 radical (unpaired) electrons. The van der Waals surface area contributed by atoms with Gasteiger partial charge in [0.15, 0.2) is 5.69 Å². The lowest BCUT2D eigenvalue weighted by atomic mass is 10.1. The highest BCUT2D eigenvalue weighted by molar-refractivity contribution is 14.1. The first-order valence-corrected chi connectivity index (χ1v) is 15.6. The van der Waals surface area contributed by atoms with E-state index in [1.807, 2.05) is 43.3 Å². The van der Waals surface area contributed by atoms with Gasteiger partial charge in [-0.1, -0.05) is 30.4 Å². The molecule has 2 aliphatic carbocycles. The molecular weight excluding hydrogens is 735 g/mol. The lowest BCUT2D eigenvalue weighted by Gasteiger charge is -2.07. The molecule has 10 heteroatoms. The number of hydrogen-bond acceptors (Lipinski definition) is 7. The van der Waals surface area contributed by atoms with Gasteiger partial charge in [0, 0.05) is 34.6 Å². The first kappa shape index (κ1) is 33.0. The van der Waals surface area contributed by atoms with Crippen molar-refractivity contribution in [2.45, 2.75) is 20.3 Å². The maximum atomic E-state index is 10.5. The maximum absolute atomic E-state index is 10.5. The lowest BCUT2D eigenvalue weighted by Crippen LogP contribution is -2.02. The van der Waals surface area contributed by atoms with Crippen molar-refractivity contribution in [3.05, 3.63) is 116 Å². The minimum atomic E-state index is -1.01. The van der Waals surface area contributed by atoms with Crippen molar-refractivity contribution in [1.82, 2.24) is 19.9 Å². The quantitative estimate of drug-likeness (QED) is 0.111. The highest BCUT2D eigenvalue weighted by Gasteiger charge is 2.19. The minimum Gasteiger partial charge on any atom is -0.481 e. The molecule has 0 spiro atoms. The van der Waals surface area contributed by atoms with Crippen molar-refractivity contribution in [3.8, 4) is 11.8 Å². The van der Waals surface area contributed by atoms with Crippen LogP contribution in [-0.2, 0) is 0 Å². The third-order valence-electron chi connectivity index (χ3n) is 6.77. The Kier molecular flexibility index (Phi) is 11.8. The fourth-order valence-corrected chi connectivity index (χ4v) is 5.60. The average molecular weight is 767 g/mol. The zero-order valence-corrected chi connectivity index (χ0v) is 28.5. The number of rotatable bonds is 3. The number of aromatic nitrogens is 4. The summed E-state index contributed by atoms with van der Waals surface area (Å²) in [6.07, 6.45) is 14.0. The van der Waals surface area contributed by atoms with Crippen molar-refractivity contribution >= 4 is 66.2 Å². The SMILES string of the molecule is C1=CC2C=CC1C2.COc1nccc2c1ccc1nc(C)ccc12.COc1ncccc1I.Cc1ccc(Br)c(C(=O)O)n1. The summed E-state index contributed by atoms with van der Waals surface area (Å²) >= 11 is 5.26. The third-order valence-corrected chi connectivity index (χ3v) is 8.23. The van der Waals surface area contributed by atoms with Crippen LogP contribution in [0.5, 0.6) is 11.8 Å². The molecule has 4 heterocycles. The van der Waals surface area contributed by atoms with Crippen LogP contribution in [0, 0.1) is 29.3 Å². The topological polar surface area (TPSA) is 107 Å². The fraction of sp³-hybridized carbons (Fsp3) is 0.206. The van der Waals surface area contributed by atoms with E-state index >= 15 is 0 Å². The normalized spacial score (nSPS) is 15.4. The van der Waals surface area contributed by atoms with Crippen molar-refractivity contribution < 1.29 is 19.4 Å². The Bertz CT molecular complexity index is 1800. The molecule has 44 heavy (non-hydrogen) atoms. The van der Waals surface area contributed by atoms with Gasteiger partial charge in [0.2, 0.25) is 11.8 Å². The van der Waals surface area contributed by atoms with Gasteiger partial charge in [-0.15, -0.1) is 0 Å². The number of carboxylic acid groups (broad SMARTS) is 1. The van der Waals surface area contributed by atoms with E-state index in [2.05, 4.69) is 88.8 Å². The molecule has 0 amide bonds. The number of aromatic carboxylic acids is 1. The van der Waals surface area contributed by atoms with Crippen LogP contribution >= 0.6 is 38.5 Å². The summed E-state index contributed by atoms with van der Waals surface area (Å²) in [7, 11) is 3.25. The number of allylic oxidation sites excluding steroid dienone is 4. The number of hydrogen-bond donors (Lipinski definition) is 1. The summed E-state index contributed by atoms with van der Waals surface area (Å²) in [5, 5.41) is 11.9. The van der Waals surface area contributed by atoms with E-state index in [0.29, 0.717) is 21.9 Å². The second-order valence-corrected chi connectivity index (χ2v) is 11.9. The summed E-state index contributed by atoms with van der Waals surface area (Å²) in [6, 6.07) is 17.4. The molecule has 7 rings (SSSR count). The molecule has 4 aromatic heterocycles. The van der Waals surface area contributed by atoms with Crippen LogP contribution < -0.4 is 9.47 Å². The lowest BCUT2D eigenvalue weighted by molar-refractivity contribution is 0.0689. The molecule has 8 nitrogen and oxygen atoms in total. The van der Waals surface area contributed by atoms with Crippen LogP contribution in [0.1, 0.15) is 28.3 Å². The number of benzene rings is 1. The van der Waals surface area contributed by atoms with Gasteiger partial charge in [-0.2, -0.15) is 0 Å². The zero-order valence-electron chi connectivity index (χ0n) is 24.7. The highest BCUT2D eigenvalue weighted by Crippen LogP contribution is 2.32. The molecular formula is C34H32BrIN4O4. The van der Waals surface area contributed by atoms with Crippen LogP contribution in [0.4, 0.5) is 0 Å². The average Bonchev–Trinajstić information content (AvgIpc) is 3.69. The fourth-order valence-electron chi connectivity index (χ4n) is 4.65. The molecule has 1 N–H and O–H groups in total. The van der Waals surface area contributed by atoms with Crippen LogP contribution in [0.15, 0.2) is 95.8 Å². The smallest absolute Gasteiger partial charge is 0.355 e.